The van der Waals surface area contributed by atoms with E-state index in [9.17, 15) is 0 Å². The Morgan fingerprint density at radius 2 is 1.16 bits per heavy atom. The molecular formula is C37H26O. The first-order valence-electron chi connectivity index (χ1n) is 13.4. The van der Waals surface area contributed by atoms with Gasteiger partial charge in [-0.2, -0.15) is 0 Å². The van der Waals surface area contributed by atoms with E-state index in [0.717, 1.165) is 17.8 Å². The molecule has 180 valence electrons. The summed E-state index contributed by atoms with van der Waals surface area (Å²) in [5.74, 6) is 1.62. The lowest BCUT2D eigenvalue weighted by atomic mass is 9.85. The summed E-state index contributed by atoms with van der Waals surface area (Å²) in [6, 6.07) is 39.9. The SMILES string of the molecule is CC1C=Cc2c(oc3ccc(-c4c5ccccc5c(-c5ccc6ccccc6c5)c5ccccc45)cc23)C1. The molecule has 1 aromatic heterocycles. The van der Waals surface area contributed by atoms with E-state index in [4.69, 9.17) is 4.42 Å². The van der Waals surface area contributed by atoms with Crippen molar-refractivity contribution in [2.75, 3.05) is 0 Å². The maximum atomic E-state index is 6.29. The average Bonchev–Trinajstić information content (AvgIpc) is 3.32. The van der Waals surface area contributed by atoms with Crippen LogP contribution >= 0.6 is 0 Å². The molecule has 0 amide bonds. The lowest BCUT2D eigenvalue weighted by Crippen LogP contribution is -2.00. The first kappa shape index (κ1) is 21.5. The molecule has 38 heavy (non-hydrogen) atoms. The minimum atomic E-state index is 0.512. The van der Waals surface area contributed by atoms with Crippen molar-refractivity contribution in [3.8, 4) is 22.3 Å². The van der Waals surface area contributed by atoms with Crippen molar-refractivity contribution in [1.29, 1.82) is 0 Å². The van der Waals surface area contributed by atoms with Crippen LogP contribution in [-0.4, -0.2) is 0 Å². The molecule has 1 unspecified atom stereocenters. The highest BCUT2D eigenvalue weighted by Gasteiger charge is 2.20. The van der Waals surface area contributed by atoms with Crippen molar-refractivity contribution in [2.24, 2.45) is 5.92 Å². The Labute approximate surface area is 221 Å². The lowest BCUT2D eigenvalue weighted by molar-refractivity contribution is 0.513. The molecule has 1 heterocycles. The highest BCUT2D eigenvalue weighted by Crippen LogP contribution is 2.45. The molecule has 1 aliphatic rings. The predicted octanol–water partition coefficient (Wildman–Crippen LogP) is 10.4. The van der Waals surface area contributed by atoms with Crippen LogP contribution in [0.3, 0.4) is 0 Å². The minimum absolute atomic E-state index is 0.512. The second-order valence-corrected chi connectivity index (χ2v) is 10.6. The van der Waals surface area contributed by atoms with Crippen LogP contribution in [0.4, 0.5) is 0 Å². The zero-order chi connectivity index (χ0) is 25.2. The number of rotatable bonds is 2. The van der Waals surface area contributed by atoms with Crippen molar-refractivity contribution in [1.82, 2.24) is 0 Å². The Morgan fingerprint density at radius 3 is 1.84 bits per heavy atom. The summed E-state index contributed by atoms with van der Waals surface area (Å²) in [7, 11) is 0. The summed E-state index contributed by atoms with van der Waals surface area (Å²) >= 11 is 0. The highest BCUT2D eigenvalue weighted by molar-refractivity contribution is 6.22. The Balaban J connectivity index is 1.45. The van der Waals surface area contributed by atoms with E-state index in [1.165, 1.54) is 65.5 Å². The fourth-order valence-corrected chi connectivity index (χ4v) is 6.37. The molecular weight excluding hydrogens is 460 g/mol. The summed E-state index contributed by atoms with van der Waals surface area (Å²) in [6.07, 6.45) is 5.51. The van der Waals surface area contributed by atoms with Crippen LogP contribution in [0.25, 0.3) is 71.6 Å². The van der Waals surface area contributed by atoms with Crippen LogP contribution in [0, 0.1) is 5.92 Å². The maximum Gasteiger partial charge on any atom is 0.134 e. The third-order valence-corrected chi connectivity index (χ3v) is 8.16. The number of allylic oxidation sites excluding steroid dienone is 1. The normalized spacial score (nSPS) is 15.0. The van der Waals surface area contributed by atoms with E-state index in [2.05, 4.69) is 128 Å². The maximum absolute atomic E-state index is 6.29. The molecule has 6 aromatic carbocycles. The van der Waals surface area contributed by atoms with Crippen molar-refractivity contribution >= 4 is 49.4 Å². The molecule has 0 fully saturated rings. The van der Waals surface area contributed by atoms with Gasteiger partial charge < -0.3 is 4.42 Å². The second-order valence-electron chi connectivity index (χ2n) is 10.6. The molecule has 0 bridgehead atoms. The van der Waals surface area contributed by atoms with Crippen molar-refractivity contribution in [3.63, 3.8) is 0 Å². The lowest BCUT2D eigenvalue weighted by Gasteiger charge is -2.18. The van der Waals surface area contributed by atoms with Gasteiger partial charge in [-0.15, -0.1) is 0 Å². The van der Waals surface area contributed by atoms with Crippen LogP contribution in [0.1, 0.15) is 18.2 Å². The van der Waals surface area contributed by atoms with Crippen molar-refractivity contribution in [3.05, 3.63) is 127 Å². The highest BCUT2D eigenvalue weighted by atomic mass is 16.3. The minimum Gasteiger partial charge on any atom is -0.460 e. The number of furan rings is 1. The van der Waals surface area contributed by atoms with Crippen molar-refractivity contribution in [2.45, 2.75) is 13.3 Å². The van der Waals surface area contributed by atoms with Gasteiger partial charge in [0.2, 0.25) is 0 Å². The third kappa shape index (κ3) is 3.18. The fraction of sp³-hybridized carbons (Fsp3) is 0.0811. The van der Waals surface area contributed by atoms with E-state index < -0.39 is 0 Å². The number of fused-ring (bicyclic) bond motifs is 6. The molecule has 0 radical (unpaired) electrons. The third-order valence-electron chi connectivity index (χ3n) is 8.16. The van der Waals surface area contributed by atoms with E-state index in [1.807, 2.05) is 0 Å². The summed E-state index contributed by atoms with van der Waals surface area (Å²) in [4.78, 5) is 0. The molecule has 7 aromatic rings. The fourth-order valence-electron chi connectivity index (χ4n) is 6.37. The molecule has 1 atom stereocenters. The molecule has 8 rings (SSSR count). The second kappa shape index (κ2) is 8.19. The summed E-state index contributed by atoms with van der Waals surface area (Å²) in [5.41, 5.74) is 7.27. The Kier molecular flexibility index (Phi) is 4.63. The van der Waals surface area contributed by atoms with E-state index >= 15 is 0 Å². The van der Waals surface area contributed by atoms with Gasteiger partial charge >= 0.3 is 0 Å². The number of hydrogen-bond donors (Lipinski definition) is 0. The standard InChI is InChI=1S/C37H26O/c1-23-14-18-28-33-22-27(17-19-34(33)38-35(28)20-23)37-31-12-6-4-10-29(31)36(30-11-5-7-13-32(30)37)26-16-15-24-8-2-3-9-25(24)21-26/h2-19,21-23H,20H2,1H3. The van der Waals surface area contributed by atoms with Crippen LogP contribution in [0.15, 0.2) is 120 Å². The van der Waals surface area contributed by atoms with E-state index in [0.29, 0.717) is 5.92 Å². The van der Waals surface area contributed by atoms with Crippen LogP contribution in [-0.2, 0) is 6.42 Å². The van der Waals surface area contributed by atoms with Gasteiger partial charge in [0.25, 0.3) is 0 Å². The van der Waals surface area contributed by atoms with Gasteiger partial charge in [-0.3, -0.25) is 0 Å². The zero-order valence-electron chi connectivity index (χ0n) is 21.2. The van der Waals surface area contributed by atoms with Gasteiger partial charge in [0.1, 0.15) is 11.3 Å². The molecule has 1 nitrogen and oxygen atoms in total. The van der Waals surface area contributed by atoms with Gasteiger partial charge in [0.15, 0.2) is 0 Å². The Bertz CT molecular complexity index is 2010. The first-order valence-corrected chi connectivity index (χ1v) is 13.4. The monoisotopic (exact) mass is 486 g/mol. The summed E-state index contributed by atoms with van der Waals surface area (Å²) < 4.78 is 6.29. The molecule has 0 saturated carbocycles. The molecule has 0 spiro atoms. The van der Waals surface area contributed by atoms with Gasteiger partial charge in [-0.1, -0.05) is 110 Å². The molecule has 1 aliphatic carbocycles. The topological polar surface area (TPSA) is 13.1 Å². The van der Waals surface area contributed by atoms with Gasteiger partial charge in [0, 0.05) is 17.4 Å². The Hall–Kier alpha value is -4.62. The summed E-state index contributed by atoms with van der Waals surface area (Å²) in [6.45, 7) is 2.24. The number of hydrogen-bond acceptors (Lipinski definition) is 1. The van der Waals surface area contributed by atoms with Gasteiger partial charge in [-0.05, 0) is 78.7 Å². The molecule has 0 aliphatic heterocycles. The van der Waals surface area contributed by atoms with Crippen LogP contribution in [0.5, 0.6) is 0 Å². The average molecular weight is 487 g/mol. The van der Waals surface area contributed by atoms with E-state index in [-0.39, 0.29) is 0 Å². The summed E-state index contributed by atoms with van der Waals surface area (Å²) in [5, 5.41) is 8.83. The van der Waals surface area contributed by atoms with Crippen molar-refractivity contribution < 1.29 is 4.42 Å². The first-order chi connectivity index (χ1) is 18.7. The number of benzene rings is 6. The molecule has 0 N–H and O–H groups in total. The van der Waals surface area contributed by atoms with Crippen LogP contribution in [0.2, 0.25) is 0 Å². The smallest absolute Gasteiger partial charge is 0.134 e. The zero-order valence-corrected chi connectivity index (χ0v) is 21.2. The molecule has 1 heteroatoms. The predicted molar refractivity (Wildman–Crippen MR) is 162 cm³/mol. The van der Waals surface area contributed by atoms with Gasteiger partial charge in [-0.25, -0.2) is 0 Å². The Morgan fingerprint density at radius 1 is 0.579 bits per heavy atom. The van der Waals surface area contributed by atoms with Gasteiger partial charge in [0.05, 0.1) is 0 Å². The van der Waals surface area contributed by atoms with Crippen LogP contribution < -0.4 is 0 Å². The quantitative estimate of drug-likeness (QED) is 0.222. The van der Waals surface area contributed by atoms with E-state index in [1.54, 1.807) is 0 Å². The molecule has 0 saturated heterocycles. The largest absolute Gasteiger partial charge is 0.460 e.